The van der Waals surface area contributed by atoms with E-state index in [4.69, 9.17) is 4.74 Å². The van der Waals surface area contributed by atoms with Crippen LogP contribution in [0.2, 0.25) is 0 Å². The largest absolute Gasteiger partial charge is 0.452 e. The van der Waals surface area contributed by atoms with E-state index >= 15 is 0 Å². The van der Waals surface area contributed by atoms with Crippen LogP contribution in [0.25, 0.3) is 0 Å². The van der Waals surface area contributed by atoms with E-state index in [1.165, 1.54) is 30.3 Å². The van der Waals surface area contributed by atoms with Gasteiger partial charge in [0.1, 0.15) is 0 Å². The second-order valence-corrected chi connectivity index (χ2v) is 8.17. The van der Waals surface area contributed by atoms with Gasteiger partial charge in [-0.2, -0.15) is 0 Å². The monoisotopic (exact) mass is 420 g/mol. The standard InChI is InChI=1S/C19H20N2O5S2/c1-3-11-20-28(24,25)17-9-7-14(8-10-17)19(23)26-13-18(22)21-15-5-4-6-16(12-15)27-2/h3-10,12,20H,1,11,13H2,2H3,(H,21,22). The maximum atomic E-state index is 12.1. The fourth-order valence-corrected chi connectivity index (χ4v) is 3.59. The van der Waals surface area contributed by atoms with Crippen molar-refractivity contribution in [2.45, 2.75) is 9.79 Å². The topological polar surface area (TPSA) is 102 Å². The molecule has 0 bridgehead atoms. The Morgan fingerprint density at radius 3 is 2.54 bits per heavy atom. The Morgan fingerprint density at radius 2 is 1.89 bits per heavy atom. The molecule has 0 atom stereocenters. The number of benzene rings is 2. The summed E-state index contributed by atoms with van der Waals surface area (Å²) in [5.41, 5.74) is 0.745. The van der Waals surface area contributed by atoms with E-state index in [1.54, 1.807) is 17.8 Å². The number of rotatable bonds is 9. The highest BCUT2D eigenvalue weighted by Crippen LogP contribution is 2.19. The molecule has 0 saturated carbocycles. The van der Waals surface area contributed by atoms with Crippen LogP contribution < -0.4 is 10.0 Å². The van der Waals surface area contributed by atoms with Crippen molar-refractivity contribution in [2.24, 2.45) is 0 Å². The number of carbonyl (C=O) groups excluding carboxylic acids is 2. The van der Waals surface area contributed by atoms with Crippen LogP contribution in [0.1, 0.15) is 10.4 Å². The van der Waals surface area contributed by atoms with Gasteiger partial charge in [0.15, 0.2) is 6.61 Å². The zero-order valence-electron chi connectivity index (χ0n) is 15.2. The van der Waals surface area contributed by atoms with Crippen molar-refractivity contribution in [1.82, 2.24) is 4.72 Å². The van der Waals surface area contributed by atoms with E-state index in [1.807, 2.05) is 24.5 Å². The summed E-state index contributed by atoms with van der Waals surface area (Å²) in [7, 11) is -3.67. The highest BCUT2D eigenvalue weighted by molar-refractivity contribution is 7.98. The highest BCUT2D eigenvalue weighted by Gasteiger charge is 2.15. The molecule has 0 saturated heterocycles. The van der Waals surface area contributed by atoms with Gasteiger partial charge in [-0.25, -0.2) is 17.9 Å². The quantitative estimate of drug-likeness (QED) is 0.367. The first-order valence-corrected chi connectivity index (χ1v) is 10.9. The predicted molar refractivity (Wildman–Crippen MR) is 109 cm³/mol. The van der Waals surface area contributed by atoms with Crippen LogP contribution in [0, 0.1) is 0 Å². The molecule has 2 N–H and O–H groups in total. The maximum Gasteiger partial charge on any atom is 0.338 e. The Hall–Kier alpha value is -2.62. The van der Waals surface area contributed by atoms with Crippen molar-refractivity contribution < 1.29 is 22.7 Å². The number of ether oxygens (including phenoxy) is 1. The van der Waals surface area contributed by atoms with Crippen LogP contribution in [-0.2, 0) is 19.6 Å². The summed E-state index contributed by atoms with van der Waals surface area (Å²) < 4.78 is 31.3. The highest BCUT2D eigenvalue weighted by atomic mass is 32.2. The van der Waals surface area contributed by atoms with E-state index in [-0.39, 0.29) is 17.0 Å². The van der Waals surface area contributed by atoms with Crippen LogP contribution in [0.15, 0.2) is 71.0 Å². The van der Waals surface area contributed by atoms with Crippen LogP contribution in [0.3, 0.4) is 0 Å². The second kappa shape index (κ2) is 10.1. The number of hydrogen-bond donors (Lipinski definition) is 2. The number of thioether (sulfide) groups is 1. The molecule has 0 radical (unpaired) electrons. The van der Waals surface area contributed by atoms with Gasteiger partial charge in [0.2, 0.25) is 10.0 Å². The zero-order valence-corrected chi connectivity index (χ0v) is 16.8. The third kappa shape index (κ3) is 6.22. The molecule has 2 aromatic carbocycles. The number of nitrogens with one attached hydrogen (secondary N) is 2. The van der Waals surface area contributed by atoms with Crippen molar-refractivity contribution in [3.63, 3.8) is 0 Å². The Balaban J connectivity index is 1.92. The average Bonchev–Trinajstić information content (AvgIpc) is 2.70. The molecule has 0 unspecified atom stereocenters. The summed E-state index contributed by atoms with van der Waals surface area (Å²) in [5, 5.41) is 2.65. The molecule has 2 rings (SSSR count). The summed E-state index contributed by atoms with van der Waals surface area (Å²) in [6, 6.07) is 12.5. The van der Waals surface area contributed by atoms with E-state index in [0.717, 1.165) is 4.90 Å². The Labute approximate surface area is 168 Å². The molecule has 0 heterocycles. The molecule has 0 aliphatic carbocycles. The molecule has 0 aliphatic heterocycles. The minimum atomic E-state index is -3.67. The van der Waals surface area contributed by atoms with E-state index in [9.17, 15) is 18.0 Å². The smallest absolute Gasteiger partial charge is 0.338 e. The van der Waals surface area contributed by atoms with Crippen molar-refractivity contribution in [3.05, 3.63) is 66.7 Å². The number of esters is 1. The Kier molecular flexibility index (Phi) is 7.80. The molecule has 0 aliphatic rings. The van der Waals surface area contributed by atoms with Gasteiger partial charge in [-0.3, -0.25) is 4.79 Å². The Bertz CT molecular complexity index is 957. The van der Waals surface area contributed by atoms with Crippen LogP contribution in [0.4, 0.5) is 5.69 Å². The van der Waals surface area contributed by atoms with E-state index in [2.05, 4.69) is 16.6 Å². The van der Waals surface area contributed by atoms with Gasteiger partial charge in [-0.05, 0) is 48.7 Å². The van der Waals surface area contributed by atoms with Gasteiger partial charge in [0.05, 0.1) is 10.5 Å². The number of sulfonamides is 1. The molecule has 28 heavy (non-hydrogen) atoms. The SMILES string of the molecule is C=CCNS(=O)(=O)c1ccc(C(=O)OCC(=O)Nc2cccc(SC)c2)cc1. The predicted octanol–water partition coefficient (Wildman–Crippen LogP) is 2.67. The minimum Gasteiger partial charge on any atom is -0.452 e. The molecule has 0 aromatic heterocycles. The molecule has 0 fully saturated rings. The lowest BCUT2D eigenvalue weighted by atomic mass is 10.2. The van der Waals surface area contributed by atoms with Crippen molar-refractivity contribution in [2.75, 3.05) is 24.7 Å². The average molecular weight is 421 g/mol. The summed E-state index contributed by atoms with van der Waals surface area (Å²) in [4.78, 5) is 25.0. The molecule has 0 spiro atoms. The van der Waals surface area contributed by atoms with E-state index < -0.39 is 28.5 Å². The number of hydrogen-bond acceptors (Lipinski definition) is 6. The normalized spacial score (nSPS) is 10.9. The van der Waals surface area contributed by atoms with Gasteiger partial charge in [0, 0.05) is 17.1 Å². The summed E-state index contributed by atoms with van der Waals surface area (Å²) >= 11 is 1.54. The molecule has 148 valence electrons. The van der Waals surface area contributed by atoms with Gasteiger partial charge in [-0.1, -0.05) is 12.1 Å². The fourth-order valence-electron chi connectivity index (χ4n) is 2.13. The molecule has 2 aromatic rings. The lowest BCUT2D eigenvalue weighted by molar-refractivity contribution is -0.119. The molecule has 1 amide bonds. The Morgan fingerprint density at radius 1 is 1.18 bits per heavy atom. The summed E-state index contributed by atoms with van der Waals surface area (Å²) in [6.07, 6.45) is 3.35. The third-order valence-corrected chi connectivity index (χ3v) is 5.67. The van der Waals surface area contributed by atoms with Crippen LogP contribution >= 0.6 is 11.8 Å². The van der Waals surface area contributed by atoms with Gasteiger partial charge < -0.3 is 10.1 Å². The van der Waals surface area contributed by atoms with Crippen molar-refractivity contribution in [1.29, 1.82) is 0 Å². The number of anilines is 1. The summed E-state index contributed by atoms with van der Waals surface area (Å²) in [6.45, 7) is 3.09. The lowest BCUT2D eigenvalue weighted by Gasteiger charge is -2.08. The molecular formula is C19H20N2O5S2. The second-order valence-electron chi connectivity index (χ2n) is 5.52. The van der Waals surface area contributed by atoms with Gasteiger partial charge in [-0.15, -0.1) is 18.3 Å². The molecular weight excluding hydrogens is 400 g/mol. The first-order valence-electron chi connectivity index (χ1n) is 8.17. The van der Waals surface area contributed by atoms with E-state index in [0.29, 0.717) is 5.69 Å². The first kappa shape index (κ1) is 21.7. The lowest BCUT2D eigenvalue weighted by Crippen LogP contribution is -2.23. The van der Waals surface area contributed by atoms with Crippen LogP contribution in [-0.4, -0.2) is 39.7 Å². The van der Waals surface area contributed by atoms with Crippen molar-refractivity contribution in [3.8, 4) is 0 Å². The summed E-state index contributed by atoms with van der Waals surface area (Å²) in [5.74, 6) is -1.20. The van der Waals surface area contributed by atoms with Gasteiger partial charge in [0.25, 0.3) is 5.91 Å². The van der Waals surface area contributed by atoms with Crippen LogP contribution in [0.5, 0.6) is 0 Å². The maximum absolute atomic E-state index is 12.1. The first-order chi connectivity index (χ1) is 13.4. The van der Waals surface area contributed by atoms with Crippen molar-refractivity contribution >= 4 is 39.3 Å². The third-order valence-electron chi connectivity index (χ3n) is 3.51. The molecule has 7 nitrogen and oxygen atoms in total. The number of carbonyl (C=O) groups is 2. The molecule has 9 heteroatoms. The fraction of sp³-hybridized carbons (Fsp3) is 0.158. The minimum absolute atomic E-state index is 0.0114. The number of amides is 1. The van der Waals surface area contributed by atoms with Gasteiger partial charge >= 0.3 is 5.97 Å². The zero-order chi connectivity index (χ0) is 20.6.